The van der Waals surface area contributed by atoms with Crippen molar-refractivity contribution in [1.82, 2.24) is 0 Å². The van der Waals surface area contributed by atoms with Crippen LogP contribution in [0.1, 0.15) is 35.7 Å². The molecule has 0 radical (unpaired) electrons. The van der Waals surface area contributed by atoms with E-state index in [0.717, 1.165) is 51.1 Å². The number of benzene rings is 2. The molecule has 4 heteroatoms. The summed E-state index contributed by atoms with van der Waals surface area (Å²) in [7, 11) is 0. The summed E-state index contributed by atoms with van der Waals surface area (Å²) in [6.45, 7) is 5.61. The van der Waals surface area contributed by atoms with E-state index in [1.54, 1.807) is 0 Å². The Balaban J connectivity index is 1.78. The number of anilines is 1. The van der Waals surface area contributed by atoms with Gasteiger partial charge in [-0.25, -0.2) is 0 Å². The quantitative estimate of drug-likeness (QED) is 0.390. The number of hydrogen-bond acceptors (Lipinski definition) is 3. The first-order valence-corrected chi connectivity index (χ1v) is 18.8. The van der Waals surface area contributed by atoms with Gasteiger partial charge in [0.15, 0.2) is 0 Å². The maximum atomic E-state index is 13.7. The Kier molecular flexibility index (Phi) is 7.58. The van der Waals surface area contributed by atoms with Crippen LogP contribution in [0.2, 0.25) is 13.3 Å². The van der Waals surface area contributed by atoms with Crippen LogP contribution in [0.25, 0.3) is 0 Å². The van der Waals surface area contributed by atoms with Gasteiger partial charge in [-0.2, -0.15) is 0 Å². The molecule has 1 aliphatic rings. The molecule has 0 saturated carbocycles. The summed E-state index contributed by atoms with van der Waals surface area (Å²) >= 11 is -1.98. The summed E-state index contributed by atoms with van der Waals surface area (Å²) in [4.78, 5) is 20.8. The number of carbonyl (C=O) groups excluding carboxylic acids is 1. The third kappa shape index (κ3) is 4.80. The second-order valence-corrected chi connectivity index (χ2v) is 17.9. The molecule has 1 atom stereocenters. The zero-order valence-electron chi connectivity index (χ0n) is 17.5. The number of carbonyl (C=O) groups is 1. The Morgan fingerprint density at radius 1 is 1.04 bits per heavy atom. The van der Waals surface area contributed by atoms with Gasteiger partial charge in [-0.3, -0.25) is 0 Å². The molecule has 0 aliphatic carbocycles. The van der Waals surface area contributed by atoms with Crippen molar-refractivity contribution in [2.75, 3.05) is 31.2 Å². The fraction of sp³-hybridized carbons (Fsp3) is 0.458. The van der Waals surface area contributed by atoms with Gasteiger partial charge in [0.1, 0.15) is 0 Å². The molecule has 0 aromatic heterocycles. The minimum atomic E-state index is -1.98. The number of rotatable bonds is 8. The van der Waals surface area contributed by atoms with Gasteiger partial charge in [-0.05, 0) is 0 Å². The fourth-order valence-corrected chi connectivity index (χ4v) is 10.7. The zero-order chi connectivity index (χ0) is 20.0. The van der Waals surface area contributed by atoms with Crippen molar-refractivity contribution in [3.8, 4) is 0 Å². The Hall–Kier alpha value is -1.33. The molecule has 2 aromatic rings. The summed E-state index contributed by atoms with van der Waals surface area (Å²) in [6, 6.07) is 18.9. The summed E-state index contributed by atoms with van der Waals surface area (Å²) in [5, 5.41) is 0. The van der Waals surface area contributed by atoms with Gasteiger partial charge < -0.3 is 0 Å². The molecule has 28 heavy (non-hydrogen) atoms. The Morgan fingerprint density at radius 3 is 2.25 bits per heavy atom. The molecule has 3 rings (SSSR count). The molecule has 150 valence electrons. The second-order valence-electron chi connectivity index (χ2n) is 8.13. The molecule has 1 heterocycles. The molecule has 0 bridgehead atoms. The number of Topliss-reactive ketones (excluding diaryl/α,β-unsaturated/α-hetero) is 1. The molecule has 1 fully saturated rings. The number of ether oxygens (including phenoxy) is 1. The molecule has 3 nitrogen and oxygen atoms in total. The van der Waals surface area contributed by atoms with Crippen molar-refractivity contribution >= 4 is 31.2 Å². The van der Waals surface area contributed by atoms with E-state index in [1.165, 1.54) is 11.3 Å². The molecule has 0 N–H and O–H groups in total. The third-order valence-corrected chi connectivity index (χ3v) is 15.4. The van der Waals surface area contributed by atoms with Crippen LogP contribution < -0.4 is 4.90 Å². The number of morpholine rings is 1. The fourth-order valence-electron chi connectivity index (χ4n) is 4.35. The van der Waals surface area contributed by atoms with Crippen molar-refractivity contribution < 1.29 is 9.53 Å². The van der Waals surface area contributed by atoms with Gasteiger partial charge in [-0.15, -0.1) is 0 Å². The monoisotopic (exact) mass is 487 g/mol. The predicted octanol–water partition coefficient (Wildman–Crippen LogP) is 4.98. The molecule has 1 aliphatic heterocycles. The normalized spacial score (nSPS) is 16.8. The molecule has 0 amide bonds. The summed E-state index contributed by atoms with van der Waals surface area (Å²) in [5.74, 6) is 0.380. The van der Waals surface area contributed by atoms with Crippen LogP contribution in [-0.4, -0.2) is 51.8 Å². The van der Waals surface area contributed by atoms with Crippen molar-refractivity contribution in [1.29, 1.82) is 0 Å². The number of ketones is 1. The standard InChI is InChI=1S/C22H26NO2.2CH3.Sn.H/c1-2-19(9-8-18-6-4-3-5-7-18)22(24)20-10-12-21(13-11-20)23-14-16-25-17-15-23;;;;/h3-7,10-13H,2,8-9,14-17H2,1H3;2*1H3;;. The van der Waals surface area contributed by atoms with Crippen molar-refractivity contribution in [2.24, 2.45) is 0 Å². The second kappa shape index (κ2) is 9.93. The van der Waals surface area contributed by atoms with Gasteiger partial charge >= 0.3 is 177 Å². The first-order chi connectivity index (χ1) is 13.6. The average Bonchev–Trinajstić information content (AvgIpc) is 2.75. The molecule has 0 spiro atoms. The Morgan fingerprint density at radius 2 is 1.68 bits per heavy atom. The zero-order valence-corrected chi connectivity index (χ0v) is 20.8. The van der Waals surface area contributed by atoms with Crippen molar-refractivity contribution in [3.63, 3.8) is 0 Å². The van der Waals surface area contributed by atoms with E-state index in [2.05, 4.69) is 64.2 Å². The SMILES string of the molecule is CC[C](CCc1ccccc1)(C(=O)c1ccc(N2CCOCC2)cc1)[SnH]([CH3])[CH3]. The van der Waals surface area contributed by atoms with E-state index in [0.29, 0.717) is 5.78 Å². The van der Waals surface area contributed by atoms with Crippen LogP contribution in [0.15, 0.2) is 54.6 Å². The van der Waals surface area contributed by atoms with Crippen molar-refractivity contribution in [3.05, 3.63) is 65.7 Å². The molecule has 2 aromatic carbocycles. The predicted molar refractivity (Wildman–Crippen MR) is 120 cm³/mol. The molecular formula is C24H33NO2Sn. The van der Waals surface area contributed by atoms with Crippen molar-refractivity contribution in [2.45, 2.75) is 39.5 Å². The molecular weight excluding hydrogens is 453 g/mol. The summed E-state index contributed by atoms with van der Waals surface area (Å²) in [5.41, 5.74) is 3.42. The maximum absolute atomic E-state index is 13.7. The topological polar surface area (TPSA) is 29.5 Å². The molecule has 1 unspecified atom stereocenters. The van der Waals surface area contributed by atoms with E-state index >= 15 is 0 Å². The first kappa shape index (κ1) is 21.4. The first-order valence-electron chi connectivity index (χ1n) is 10.6. The summed E-state index contributed by atoms with van der Waals surface area (Å²) in [6.07, 6.45) is 2.92. The average molecular weight is 486 g/mol. The van der Waals surface area contributed by atoms with Gasteiger partial charge in [0.05, 0.1) is 0 Å². The van der Waals surface area contributed by atoms with Gasteiger partial charge in [-0.1, -0.05) is 0 Å². The van der Waals surface area contributed by atoms with Crippen LogP contribution in [0.3, 0.4) is 0 Å². The minimum absolute atomic E-state index is 0.113. The van der Waals surface area contributed by atoms with E-state index in [9.17, 15) is 4.79 Å². The van der Waals surface area contributed by atoms with E-state index in [-0.39, 0.29) is 3.43 Å². The number of nitrogens with zero attached hydrogens (tertiary/aromatic N) is 1. The van der Waals surface area contributed by atoms with Crippen LogP contribution >= 0.6 is 0 Å². The van der Waals surface area contributed by atoms with Crippen LogP contribution in [0.5, 0.6) is 0 Å². The van der Waals surface area contributed by atoms with E-state index in [1.807, 2.05) is 12.1 Å². The van der Waals surface area contributed by atoms with Crippen LogP contribution in [0, 0.1) is 0 Å². The van der Waals surface area contributed by atoms with Crippen LogP contribution in [0.4, 0.5) is 5.69 Å². The summed E-state index contributed by atoms with van der Waals surface area (Å²) < 4.78 is 5.33. The number of hydrogen-bond donors (Lipinski definition) is 0. The Bertz CT molecular complexity index is 754. The van der Waals surface area contributed by atoms with E-state index in [4.69, 9.17) is 4.74 Å². The van der Waals surface area contributed by atoms with E-state index < -0.39 is 19.8 Å². The van der Waals surface area contributed by atoms with Gasteiger partial charge in [0.2, 0.25) is 0 Å². The van der Waals surface area contributed by atoms with Gasteiger partial charge in [0, 0.05) is 0 Å². The Labute approximate surface area is 176 Å². The third-order valence-electron chi connectivity index (χ3n) is 6.40. The molecule has 1 saturated heterocycles. The van der Waals surface area contributed by atoms with Crippen LogP contribution in [-0.2, 0) is 11.2 Å². The number of aryl methyl sites for hydroxylation is 1. The van der Waals surface area contributed by atoms with Gasteiger partial charge in [0.25, 0.3) is 0 Å².